The number of hydrogen-bond donors (Lipinski definition) is 2. The van der Waals surface area contributed by atoms with Crippen LogP contribution in [0.25, 0.3) is 0 Å². The van der Waals surface area contributed by atoms with E-state index in [0.29, 0.717) is 13.0 Å². The van der Waals surface area contributed by atoms with Gasteiger partial charge in [-0.2, -0.15) is 0 Å². The Labute approximate surface area is 79.3 Å². The van der Waals surface area contributed by atoms with Crippen molar-refractivity contribution in [1.82, 2.24) is 5.32 Å². The second-order valence-corrected chi connectivity index (χ2v) is 3.69. The third-order valence-corrected chi connectivity index (χ3v) is 1.15. The zero-order chi connectivity index (χ0) is 10.3. The van der Waals surface area contributed by atoms with Crippen LogP contribution in [0, 0.1) is 6.42 Å². The van der Waals surface area contributed by atoms with Gasteiger partial charge < -0.3 is 15.2 Å². The summed E-state index contributed by atoms with van der Waals surface area (Å²) in [6.07, 6.45) is 1.91. The van der Waals surface area contributed by atoms with Crippen LogP contribution < -0.4 is 5.32 Å². The fourth-order valence-corrected chi connectivity index (χ4v) is 0.682. The van der Waals surface area contributed by atoms with Crippen molar-refractivity contribution >= 4 is 6.09 Å². The summed E-state index contributed by atoms with van der Waals surface area (Å²) in [5.41, 5.74) is -0.454. The Morgan fingerprint density at radius 2 is 2.15 bits per heavy atom. The molecule has 1 radical (unpaired) electrons. The molecule has 0 rings (SSSR count). The number of aliphatic hydroxyl groups excluding tert-OH is 1. The molecule has 1 amide bonds. The maximum absolute atomic E-state index is 11.0. The van der Waals surface area contributed by atoms with Gasteiger partial charge in [0, 0.05) is 13.2 Å². The summed E-state index contributed by atoms with van der Waals surface area (Å²) in [4.78, 5) is 11.0. The third-order valence-electron chi connectivity index (χ3n) is 1.15. The maximum atomic E-state index is 11.0. The topological polar surface area (TPSA) is 58.6 Å². The molecule has 77 valence electrons. The van der Waals surface area contributed by atoms with Crippen LogP contribution in [0.1, 0.15) is 27.2 Å². The van der Waals surface area contributed by atoms with Crippen LogP contribution in [0.3, 0.4) is 0 Å². The lowest BCUT2D eigenvalue weighted by molar-refractivity contribution is 0.0528. The van der Waals surface area contributed by atoms with E-state index in [4.69, 9.17) is 9.84 Å². The first-order valence-electron chi connectivity index (χ1n) is 4.35. The minimum absolute atomic E-state index is 0.0377. The maximum Gasteiger partial charge on any atom is 0.407 e. The predicted molar refractivity (Wildman–Crippen MR) is 50.2 cm³/mol. The van der Waals surface area contributed by atoms with Crippen LogP contribution in [-0.4, -0.2) is 30.0 Å². The van der Waals surface area contributed by atoms with E-state index in [1.165, 1.54) is 0 Å². The molecule has 0 aliphatic rings. The van der Waals surface area contributed by atoms with Gasteiger partial charge in [-0.25, -0.2) is 4.79 Å². The summed E-state index contributed by atoms with van der Waals surface area (Å²) < 4.78 is 4.99. The smallest absolute Gasteiger partial charge is 0.407 e. The zero-order valence-electron chi connectivity index (χ0n) is 8.46. The van der Waals surface area contributed by atoms with E-state index < -0.39 is 11.7 Å². The van der Waals surface area contributed by atoms with Crippen molar-refractivity contribution in [2.75, 3.05) is 13.2 Å². The molecule has 0 aromatic carbocycles. The molecular formula is C9H18NO3. The SMILES string of the molecule is CC(C)(C)OC(=O)NCC[CH]CO. The molecule has 0 saturated carbocycles. The number of nitrogens with one attached hydrogen (secondary N) is 1. The summed E-state index contributed by atoms with van der Waals surface area (Å²) in [6, 6.07) is 0. The second kappa shape index (κ2) is 5.80. The normalized spacial score (nSPS) is 11.1. The Kier molecular flexibility index (Phi) is 5.46. The van der Waals surface area contributed by atoms with Gasteiger partial charge in [0.2, 0.25) is 0 Å². The Balaban J connectivity index is 3.41. The number of carbonyl (C=O) groups excluding carboxylic acids is 1. The molecule has 4 heteroatoms. The predicted octanol–water partition coefficient (Wildman–Crippen LogP) is 1.10. The Morgan fingerprint density at radius 3 is 2.62 bits per heavy atom. The molecule has 0 unspecified atom stereocenters. The van der Waals surface area contributed by atoms with E-state index in [2.05, 4.69) is 5.32 Å². The molecule has 0 aliphatic carbocycles. The first kappa shape index (κ1) is 12.2. The van der Waals surface area contributed by atoms with Gasteiger partial charge in [0.05, 0.1) is 0 Å². The summed E-state index contributed by atoms with van der Waals surface area (Å²) >= 11 is 0. The van der Waals surface area contributed by atoms with Crippen molar-refractivity contribution < 1.29 is 14.6 Å². The first-order chi connectivity index (χ1) is 5.95. The summed E-state index contributed by atoms with van der Waals surface area (Å²) in [6.45, 7) is 5.97. The Hall–Kier alpha value is -0.770. The molecule has 0 saturated heterocycles. The highest BCUT2D eigenvalue weighted by molar-refractivity contribution is 5.67. The number of amides is 1. The highest BCUT2D eigenvalue weighted by Gasteiger charge is 2.15. The van der Waals surface area contributed by atoms with Crippen molar-refractivity contribution in [3.05, 3.63) is 6.42 Å². The van der Waals surface area contributed by atoms with Gasteiger partial charge in [0.1, 0.15) is 5.60 Å². The molecule has 0 atom stereocenters. The van der Waals surface area contributed by atoms with E-state index >= 15 is 0 Å². The summed E-state index contributed by atoms with van der Waals surface area (Å²) in [5, 5.41) is 11.0. The van der Waals surface area contributed by atoms with Crippen molar-refractivity contribution in [2.24, 2.45) is 0 Å². The van der Waals surface area contributed by atoms with E-state index in [0.717, 1.165) is 0 Å². The number of carbonyl (C=O) groups is 1. The van der Waals surface area contributed by atoms with Gasteiger partial charge in [0.15, 0.2) is 0 Å². The first-order valence-corrected chi connectivity index (χ1v) is 4.35. The summed E-state index contributed by atoms with van der Waals surface area (Å²) in [7, 11) is 0. The number of alkyl carbamates (subject to hydrolysis) is 1. The van der Waals surface area contributed by atoms with E-state index in [9.17, 15) is 4.79 Å². The van der Waals surface area contributed by atoms with Crippen molar-refractivity contribution in [3.8, 4) is 0 Å². The molecule has 2 N–H and O–H groups in total. The highest BCUT2D eigenvalue weighted by atomic mass is 16.6. The molecule has 0 heterocycles. The van der Waals surface area contributed by atoms with Crippen LogP contribution >= 0.6 is 0 Å². The largest absolute Gasteiger partial charge is 0.444 e. The van der Waals surface area contributed by atoms with Crippen LogP contribution in [0.2, 0.25) is 0 Å². The highest BCUT2D eigenvalue weighted by Crippen LogP contribution is 2.06. The molecule has 0 spiro atoms. The fraction of sp³-hybridized carbons (Fsp3) is 0.778. The number of ether oxygens (including phenoxy) is 1. The minimum atomic E-state index is -0.454. The van der Waals surface area contributed by atoms with E-state index in [1.54, 1.807) is 6.42 Å². The molecule has 13 heavy (non-hydrogen) atoms. The average molecular weight is 188 g/mol. The monoisotopic (exact) mass is 188 g/mol. The Bertz CT molecular complexity index is 151. The van der Waals surface area contributed by atoms with E-state index in [1.807, 2.05) is 20.8 Å². The molecule has 0 aromatic rings. The van der Waals surface area contributed by atoms with Gasteiger partial charge in [-0.05, 0) is 33.6 Å². The van der Waals surface area contributed by atoms with Gasteiger partial charge in [-0.15, -0.1) is 0 Å². The van der Waals surface area contributed by atoms with Crippen molar-refractivity contribution in [1.29, 1.82) is 0 Å². The molecule has 0 bridgehead atoms. The quantitative estimate of drug-likeness (QED) is 0.649. The zero-order valence-corrected chi connectivity index (χ0v) is 8.46. The lowest BCUT2D eigenvalue weighted by Crippen LogP contribution is -2.33. The number of unbranched alkanes of at least 4 members (excludes halogenated alkanes) is 1. The lowest BCUT2D eigenvalue weighted by Gasteiger charge is -2.19. The number of hydrogen-bond acceptors (Lipinski definition) is 3. The van der Waals surface area contributed by atoms with Gasteiger partial charge in [-0.1, -0.05) is 0 Å². The average Bonchev–Trinajstić information content (AvgIpc) is 1.94. The lowest BCUT2D eigenvalue weighted by atomic mass is 10.2. The third kappa shape index (κ3) is 9.14. The second-order valence-electron chi connectivity index (χ2n) is 3.69. The Morgan fingerprint density at radius 1 is 1.54 bits per heavy atom. The van der Waals surface area contributed by atoms with Crippen molar-refractivity contribution in [3.63, 3.8) is 0 Å². The molecular weight excluding hydrogens is 170 g/mol. The van der Waals surface area contributed by atoms with E-state index in [-0.39, 0.29) is 6.61 Å². The van der Waals surface area contributed by atoms with Crippen molar-refractivity contribution in [2.45, 2.75) is 32.8 Å². The van der Waals surface area contributed by atoms with Crippen LogP contribution in [0.15, 0.2) is 0 Å². The molecule has 0 aromatic heterocycles. The number of aliphatic hydroxyl groups is 1. The van der Waals surface area contributed by atoms with Gasteiger partial charge in [0.25, 0.3) is 0 Å². The molecule has 0 aliphatic heterocycles. The van der Waals surface area contributed by atoms with Crippen LogP contribution in [0.5, 0.6) is 0 Å². The minimum Gasteiger partial charge on any atom is -0.444 e. The van der Waals surface area contributed by atoms with Gasteiger partial charge >= 0.3 is 6.09 Å². The number of rotatable bonds is 4. The van der Waals surface area contributed by atoms with Gasteiger partial charge in [-0.3, -0.25) is 0 Å². The van der Waals surface area contributed by atoms with Crippen LogP contribution in [0.4, 0.5) is 4.79 Å². The van der Waals surface area contributed by atoms with Crippen LogP contribution in [-0.2, 0) is 4.74 Å². The fourth-order valence-electron chi connectivity index (χ4n) is 0.682. The summed E-state index contributed by atoms with van der Waals surface area (Å²) in [5.74, 6) is 0. The standard InChI is InChI=1S/C9H18NO3/c1-9(2,3)13-8(12)10-6-4-5-7-11/h5,11H,4,6-7H2,1-3H3,(H,10,12). The molecule has 0 fully saturated rings. The molecule has 4 nitrogen and oxygen atoms in total.